The molecule has 0 aromatic carbocycles. The normalized spacial score (nSPS) is 21.8. The van der Waals surface area contributed by atoms with Crippen LogP contribution in [-0.2, 0) is 4.84 Å². The molecule has 0 atom stereocenters. The van der Waals surface area contributed by atoms with Gasteiger partial charge in [0.1, 0.15) is 0 Å². The van der Waals surface area contributed by atoms with Crippen LogP contribution in [0.2, 0.25) is 0 Å². The van der Waals surface area contributed by atoms with Gasteiger partial charge in [0, 0.05) is 26.2 Å². The van der Waals surface area contributed by atoms with E-state index in [1.165, 1.54) is 32.4 Å². The van der Waals surface area contributed by atoms with Gasteiger partial charge in [0.15, 0.2) is 0 Å². The average molecular weight is 241 g/mol. The average Bonchev–Trinajstić information content (AvgIpc) is 2.88. The fraction of sp³-hybridized carbons (Fsp3) is 0.917. The Morgan fingerprint density at radius 3 is 2.35 bits per heavy atom. The summed E-state index contributed by atoms with van der Waals surface area (Å²) in [5, 5.41) is 0. The molecule has 0 unspecified atom stereocenters. The van der Waals surface area contributed by atoms with Crippen molar-refractivity contribution in [3.8, 4) is 0 Å². The molecule has 0 saturated carbocycles. The van der Waals surface area contributed by atoms with Gasteiger partial charge in [-0.2, -0.15) is 5.48 Å². The second-order valence-corrected chi connectivity index (χ2v) is 4.86. The molecule has 1 amide bonds. The highest BCUT2D eigenvalue weighted by atomic mass is 16.7. The van der Waals surface area contributed by atoms with Gasteiger partial charge in [0.2, 0.25) is 0 Å². The Morgan fingerprint density at radius 1 is 1.00 bits per heavy atom. The Labute approximate surface area is 103 Å². The van der Waals surface area contributed by atoms with E-state index in [0.29, 0.717) is 0 Å². The lowest BCUT2D eigenvalue weighted by Gasteiger charge is -2.25. The highest BCUT2D eigenvalue weighted by Crippen LogP contribution is 2.09. The molecule has 17 heavy (non-hydrogen) atoms. The van der Waals surface area contributed by atoms with Gasteiger partial charge in [0.05, 0.1) is 0 Å². The molecule has 5 heteroatoms. The van der Waals surface area contributed by atoms with Crippen molar-refractivity contribution in [1.29, 1.82) is 0 Å². The third-order valence-corrected chi connectivity index (χ3v) is 3.50. The van der Waals surface area contributed by atoms with Crippen LogP contribution < -0.4 is 5.48 Å². The minimum atomic E-state index is -0.217. The van der Waals surface area contributed by atoms with Gasteiger partial charge in [-0.15, -0.1) is 0 Å². The molecule has 2 fully saturated rings. The second kappa shape index (κ2) is 6.81. The number of amides is 1. The molecule has 0 spiro atoms. The SMILES string of the molecule is O=C(ONCCN1CCCC1)N1CCCCC1. The molecule has 1 N–H and O–H groups in total. The molecule has 98 valence electrons. The van der Waals surface area contributed by atoms with E-state index in [9.17, 15) is 4.79 Å². The highest BCUT2D eigenvalue weighted by molar-refractivity contribution is 5.67. The molecule has 2 saturated heterocycles. The molecule has 0 aromatic heterocycles. The minimum Gasteiger partial charge on any atom is -0.354 e. The molecular formula is C12H23N3O2. The number of nitrogens with one attached hydrogen (secondary N) is 1. The Kier molecular flexibility index (Phi) is 5.07. The lowest BCUT2D eigenvalue weighted by atomic mass is 10.1. The quantitative estimate of drug-likeness (QED) is 0.593. The first-order valence-corrected chi connectivity index (χ1v) is 6.77. The maximum absolute atomic E-state index is 11.6. The van der Waals surface area contributed by atoms with Crippen LogP contribution >= 0.6 is 0 Å². The number of hydroxylamine groups is 1. The monoisotopic (exact) mass is 241 g/mol. The van der Waals surface area contributed by atoms with E-state index in [1.54, 1.807) is 4.90 Å². The van der Waals surface area contributed by atoms with Gasteiger partial charge in [-0.25, -0.2) is 4.79 Å². The van der Waals surface area contributed by atoms with Crippen molar-refractivity contribution in [2.75, 3.05) is 39.3 Å². The first-order chi connectivity index (χ1) is 8.36. The standard InChI is InChI=1S/C12H23N3O2/c16-12(15-9-2-1-3-10-15)17-13-6-11-14-7-4-5-8-14/h13H,1-11H2. The molecule has 0 aromatic rings. The van der Waals surface area contributed by atoms with Crippen molar-refractivity contribution in [3.05, 3.63) is 0 Å². The summed E-state index contributed by atoms with van der Waals surface area (Å²) in [6, 6.07) is 0. The summed E-state index contributed by atoms with van der Waals surface area (Å²) in [4.78, 5) is 20.8. The van der Waals surface area contributed by atoms with E-state index >= 15 is 0 Å². The van der Waals surface area contributed by atoms with Crippen molar-refractivity contribution in [3.63, 3.8) is 0 Å². The van der Waals surface area contributed by atoms with E-state index in [-0.39, 0.29) is 6.09 Å². The number of likely N-dealkylation sites (tertiary alicyclic amines) is 2. The van der Waals surface area contributed by atoms with Crippen molar-refractivity contribution >= 4 is 6.09 Å². The van der Waals surface area contributed by atoms with Gasteiger partial charge in [-0.3, -0.25) is 0 Å². The zero-order chi connectivity index (χ0) is 11.9. The van der Waals surface area contributed by atoms with E-state index in [1.807, 2.05) is 0 Å². The van der Waals surface area contributed by atoms with Crippen LogP contribution in [0.3, 0.4) is 0 Å². The zero-order valence-electron chi connectivity index (χ0n) is 10.5. The Morgan fingerprint density at radius 2 is 1.65 bits per heavy atom. The van der Waals surface area contributed by atoms with Gasteiger partial charge in [0.25, 0.3) is 0 Å². The van der Waals surface area contributed by atoms with Crippen molar-refractivity contribution in [2.24, 2.45) is 0 Å². The topological polar surface area (TPSA) is 44.8 Å². The molecule has 2 heterocycles. The van der Waals surface area contributed by atoms with E-state index < -0.39 is 0 Å². The van der Waals surface area contributed by atoms with E-state index in [2.05, 4.69) is 10.4 Å². The largest absolute Gasteiger partial charge is 0.428 e. The van der Waals surface area contributed by atoms with Crippen molar-refractivity contribution in [2.45, 2.75) is 32.1 Å². The molecule has 5 nitrogen and oxygen atoms in total. The molecule has 0 aliphatic carbocycles. The first kappa shape index (κ1) is 12.6. The van der Waals surface area contributed by atoms with Gasteiger partial charge < -0.3 is 14.6 Å². The molecule has 2 rings (SSSR count). The van der Waals surface area contributed by atoms with Crippen LogP contribution in [-0.4, -0.2) is 55.2 Å². The van der Waals surface area contributed by atoms with Gasteiger partial charge >= 0.3 is 6.09 Å². The number of piperidine rings is 1. The number of nitrogens with zero attached hydrogens (tertiary/aromatic N) is 2. The predicted octanol–water partition coefficient (Wildman–Crippen LogP) is 1.21. The number of carbonyl (C=O) groups excluding carboxylic acids is 1. The number of hydrogen-bond donors (Lipinski definition) is 1. The maximum atomic E-state index is 11.6. The summed E-state index contributed by atoms with van der Waals surface area (Å²) in [5.41, 5.74) is 2.78. The predicted molar refractivity (Wildman–Crippen MR) is 65.6 cm³/mol. The molecule has 0 radical (unpaired) electrons. The van der Waals surface area contributed by atoms with E-state index in [4.69, 9.17) is 4.84 Å². The Bertz CT molecular complexity index is 236. The maximum Gasteiger partial charge on any atom is 0.428 e. The van der Waals surface area contributed by atoms with Crippen LogP contribution in [0.25, 0.3) is 0 Å². The van der Waals surface area contributed by atoms with Crippen LogP contribution in [0.5, 0.6) is 0 Å². The van der Waals surface area contributed by atoms with E-state index in [0.717, 1.165) is 39.0 Å². The van der Waals surface area contributed by atoms with Crippen molar-refractivity contribution < 1.29 is 9.63 Å². The zero-order valence-corrected chi connectivity index (χ0v) is 10.5. The lowest BCUT2D eigenvalue weighted by Crippen LogP contribution is -2.40. The fourth-order valence-corrected chi connectivity index (χ4v) is 2.46. The van der Waals surface area contributed by atoms with Crippen LogP contribution in [0.4, 0.5) is 4.79 Å². The summed E-state index contributed by atoms with van der Waals surface area (Å²) in [6.07, 6.45) is 5.81. The number of rotatable bonds is 4. The first-order valence-electron chi connectivity index (χ1n) is 6.77. The minimum absolute atomic E-state index is 0.217. The third-order valence-electron chi connectivity index (χ3n) is 3.50. The van der Waals surface area contributed by atoms with Crippen LogP contribution in [0.15, 0.2) is 0 Å². The fourth-order valence-electron chi connectivity index (χ4n) is 2.46. The molecule has 0 bridgehead atoms. The summed E-state index contributed by atoms with van der Waals surface area (Å²) in [7, 11) is 0. The summed E-state index contributed by atoms with van der Waals surface area (Å²) in [6.45, 7) is 5.73. The molecule has 2 aliphatic heterocycles. The van der Waals surface area contributed by atoms with Gasteiger partial charge in [-0.1, -0.05) is 0 Å². The smallest absolute Gasteiger partial charge is 0.354 e. The number of carbonyl (C=O) groups is 1. The lowest BCUT2D eigenvalue weighted by molar-refractivity contribution is 0.0476. The van der Waals surface area contributed by atoms with Crippen LogP contribution in [0, 0.1) is 0 Å². The number of hydrogen-bond acceptors (Lipinski definition) is 4. The Hall–Kier alpha value is -0.810. The summed E-state index contributed by atoms with van der Waals surface area (Å²) < 4.78 is 0. The third kappa shape index (κ3) is 4.16. The summed E-state index contributed by atoms with van der Waals surface area (Å²) >= 11 is 0. The van der Waals surface area contributed by atoms with Gasteiger partial charge in [-0.05, 0) is 45.2 Å². The highest BCUT2D eigenvalue weighted by Gasteiger charge is 2.18. The Balaban J connectivity index is 1.53. The van der Waals surface area contributed by atoms with Crippen molar-refractivity contribution in [1.82, 2.24) is 15.3 Å². The molecule has 2 aliphatic rings. The second-order valence-electron chi connectivity index (χ2n) is 4.86. The summed E-state index contributed by atoms with van der Waals surface area (Å²) in [5.74, 6) is 0. The van der Waals surface area contributed by atoms with Crippen LogP contribution in [0.1, 0.15) is 32.1 Å². The molecular weight excluding hydrogens is 218 g/mol.